The van der Waals surface area contributed by atoms with Gasteiger partial charge < -0.3 is 19.7 Å². The highest BCUT2D eigenvalue weighted by atomic mass is 16.5. The molecule has 74 heavy (non-hydrogen) atoms. The van der Waals surface area contributed by atoms with Gasteiger partial charge in [-0.25, -0.2) is 9.59 Å². The summed E-state index contributed by atoms with van der Waals surface area (Å²) in [7, 11) is 0. The zero-order chi connectivity index (χ0) is 60.3. The van der Waals surface area contributed by atoms with Crippen molar-refractivity contribution in [3.8, 4) is 0 Å². The third-order valence-electron chi connectivity index (χ3n) is 8.95. The molecule has 1 aromatic rings. The fraction of sp³-hybridized carbons (Fsp3) is 0.636. The smallest absolute Gasteiger partial charge is 0.333 e. The first-order valence-electron chi connectivity index (χ1n) is 27.2. The fourth-order valence-electron chi connectivity index (χ4n) is 5.22. The van der Waals surface area contributed by atoms with Gasteiger partial charge in [0.2, 0.25) is 0 Å². The lowest BCUT2D eigenvalue weighted by Crippen LogP contribution is -2.16. The van der Waals surface area contributed by atoms with Crippen LogP contribution in [-0.4, -0.2) is 58.6 Å². The van der Waals surface area contributed by atoms with E-state index < -0.39 is 0 Å². The summed E-state index contributed by atoms with van der Waals surface area (Å²) in [5.74, 6) is 4.41. The molecule has 0 aliphatic rings. The SMILES string of the molecule is C=C(C)C(=O)C(C)C.C=C(C)C(=O)OC(C)CC(C)C.C=CC(=O)C(C)C.C=CC(=O)OC(C)CC(C)C.C=CC(C)C.C=CCC(C)C.C=Cc1ccc(CC(C)C)cc1.CC(C)CC(C)O.CC(C)CCO. The van der Waals surface area contributed by atoms with Crippen LogP contribution in [0.5, 0.6) is 0 Å². The monoisotopic (exact) mass is 1040 g/mol. The molecular weight excluding hydrogens is 921 g/mol. The summed E-state index contributed by atoms with van der Waals surface area (Å²) in [4.78, 5) is 42.8. The summed E-state index contributed by atoms with van der Waals surface area (Å²) in [6.07, 6.45) is 14.1. The minimum absolute atomic E-state index is 0.000463. The summed E-state index contributed by atoms with van der Waals surface area (Å²) >= 11 is 0. The largest absolute Gasteiger partial charge is 0.460 e. The Balaban J connectivity index is -0.000000112. The van der Waals surface area contributed by atoms with E-state index in [1.54, 1.807) is 13.8 Å². The zero-order valence-corrected chi connectivity index (χ0v) is 52.4. The Morgan fingerprint density at radius 2 is 0.973 bits per heavy atom. The first-order chi connectivity index (χ1) is 33.9. The molecule has 3 atom stereocenters. The Labute approximate surface area is 459 Å². The molecule has 0 bridgehead atoms. The number of rotatable bonds is 22. The van der Waals surface area contributed by atoms with E-state index in [1.807, 2.05) is 66.7 Å². The van der Waals surface area contributed by atoms with Crippen LogP contribution in [-0.2, 0) is 35.1 Å². The standard InChI is InChI=1S/C12H16.C10H18O2.C9H16O2.C7H12O.C6H14O.C6H10O.C6H12.C5H12O.C5H10/c1-4-11-5-7-12(8-6-11)9-10(2)3;1-7(2)6-9(5)12-10(11)8(3)4;1-5-9(10)11-8(4)6-7(2)3;1-5(2)7(8)6(3)4;1-5(2)4-6(3)7;1-4-6(7)5(2)3;1-4-5-6(2)3;1-5(2)3-4-6;1-4-5(2)3/h4-8,10H,1,9H2,2-3H3;7,9H,3,6H2,1-2,4-5H3;5,7-8H,1,6H2,2-4H3;6H,1H2,2-4H3;5-7H,4H2,1-3H3;4-5H,1H2,2-3H3;4,6H,1,5H2,2-3H3;5-6H,3-4H2,1-2H3;4-5H,1H2,2-3H3. The summed E-state index contributed by atoms with van der Waals surface area (Å²) in [5.41, 5.74) is 3.73. The van der Waals surface area contributed by atoms with Crippen molar-refractivity contribution in [2.45, 2.75) is 216 Å². The number of aliphatic hydroxyl groups excluding tert-OH is 2. The van der Waals surface area contributed by atoms with Crippen molar-refractivity contribution in [2.24, 2.45) is 53.3 Å². The molecule has 8 nitrogen and oxygen atoms in total. The van der Waals surface area contributed by atoms with Gasteiger partial charge in [0.1, 0.15) is 0 Å². The average Bonchev–Trinajstić information content (AvgIpc) is 3.26. The number of esters is 2. The Morgan fingerprint density at radius 1 is 0.554 bits per heavy atom. The second-order valence-corrected chi connectivity index (χ2v) is 22.1. The van der Waals surface area contributed by atoms with Gasteiger partial charge in [-0.3, -0.25) is 9.59 Å². The molecule has 0 radical (unpaired) electrons. The lowest BCUT2D eigenvalue weighted by Gasteiger charge is -2.14. The van der Waals surface area contributed by atoms with E-state index in [0.717, 1.165) is 50.4 Å². The van der Waals surface area contributed by atoms with Crippen LogP contribution >= 0.6 is 0 Å². The highest BCUT2D eigenvalue weighted by molar-refractivity contribution is 5.95. The molecule has 0 spiro atoms. The van der Waals surface area contributed by atoms with Crippen molar-refractivity contribution in [1.82, 2.24) is 0 Å². The molecule has 0 saturated carbocycles. The van der Waals surface area contributed by atoms with E-state index in [9.17, 15) is 19.2 Å². The fourth-order valence-corrected chi connectivity index (χ4v) is 5.22. The molecule has 0 amide bonds. The third kappa shape index (κ3) is 84.4. The molecule has 0 heterocycles. The van der Waals surface area contributed by atoms with E-state index in [1.165, 1.54) is 23.3 Å². The predicted molar refractivity (Wildman–Crippen MR) is 327 cm³/mol. The number of Topliss-reactive ketones (excluding diaryl/α,β-unsaturated/α-hetero) is 1. The number of hydrogen-bond acceptors (Lipinski definition) is 8. The maximum absolute atomic E-state index is 11.0. The predicted octanol–water partition coefficient (Wildman–Crippen LogP) is 17.9. The molecule has 3 unspecified atom stereocenters. The Kier molecular flexibility index (Phi) is 67.5. The van der Waals surface area contributed by atoms with Gasteiger partial charge in [-0.1, -0.05) is 200 Å². The first-order valence-corrected chi connectivity index (χ1v) is 27.2. The molecule has 432 valence electrons. The summed E-state index contributed by atoms with van der Waals surface area (Å²) in [6.45, 7) is 71.2. The molecule has 0 fully saturated rings. The topological polar surface area (TPSA) is 127 Å². The summed E-state index contributed by atoms with van der Waals surface area (Å²) < 4.78 is 10.0. The van der Waals surface area contributed by atoms with E-state index >= 15 is 0 Å². The average molecular weight is 1040 g/mol. The molecule has 0 aliphatic heterocycles. The van der Waals surface area contributed by atoms with Gasteiger partial charge in [0.05, 0.1) is 18.3 Å². The van der Waals surface area contributed by atoms with Gasteiger partial charge in [0, 0.05) is 30.1 Å². The van der Waals surface area contributed by atoms with Gasteiger partial charge in [-0.05, 0) is 137 Å². The van der Waals surface area contributed by atoms with Crippen molar-refractivity contribution in [3.05, 3.63) is 117 Å². The van der Waals surface area contributed by atoms with Crippen LogP contribution in [0.15, 0.2) is 106 Å². The molecular formula is C66H120O8. The van der Waals surface area contributed by atoms with E-state index in [2.05, 4.69) is 167 Å². The van der Waals surface area contributed by atoms with Crippen LogP contribution in [0.4, 0.5) is 0 Å². The zero-order valence-electron chi connectivity index (χ0n) is 52.4. The third-order valence-corrected chi connectivity index (χ3v) is 8.95. The minimum atomic E-state index is -0.335. The number of allylic oxidation sites excluding steroid dienone is 4. The number of benzene rings is 1. The first kappa shape index (κ1) is 86.3. The van der Waals surface area contributed by atoms with Crippen LogP contribution in [0.1, 0.15) is 202 Å². The molecule has 0 aliphatic carbocycles. The maximum atomic E-state index is 11.0. The van der Waals surface area contributed by atoms with Crippen molar-refractivity contribution in [2.75, 3.05) is 6.61 Å². The molecule has 1 aromatic carbocycles. The number of aliphatic hydroxyl groups is 2. The van der Waals surface area contributed by atoms with E-state index in [4.69, 9.17) is 19.7 Å². The van der Waals surface area contributed by atoms with Crippen molar-refractivity contribution < 1.29 is 38.9 Å². The Hall–Kier alpha value is -4.40. The van der Waals surface area contributed by atoms with E-state index in [0.29, 0.717) is 47.3 Å². The van der Waals surface area contributed by atoms with Crippen LogP contribution in [0, 0.1) is 53.3 Å². The van der Waals surface area contributed by atoms with Crippen molar-refractivity contribution >= 4 is 29.6 Å². The highest BCUT2D eigenvalue weighted by Gasteiger charge is 2.11. The van der Waals surface area contributed by atoms with E-state index in [-0.39, 0.29) is 53.7 Å². The van der Waals surface area contributed by atoms with Gasteiger partial charge in [0.25, 0.3) is 0 Å². The lowest BCUT2D eigenvalue weighted by molar-refractivity contribution is -0.144. The number of ketones is 2. The van der Waals surface area contributed by atoms with Crippen LogP contribution in [0.3, 0.4) is 0 Å². The lowest BCUT2D eigenvalue weighted by atomic mass is 10.0. The van der Waals surface area contributed by atoms with Gasteiger partial charge in [-0.15, -0.1) is 13.2 Å². The number of carbonyl (C=O) groups is 4. The van der Waals surface area contributed by atoms with Crippen molar-refractivity contribution in [1.29, 1.82) is 0 Å². The summed E-state index contributed by atoms with van der Waals surface area (Å²) in [5, 5.41) is 17.0. The van der Waals surface area contributed by atoms with Gasteiger partial charge in [0.15, 0.2) is 11.6 Å². The molecule has 1 rings (SSSR count). The Morgan fingerprint density at radius 3 is 1.14 bits per heavy atom. The molecule has 8 heteroatoms. The highest BCUT2D eigenvalue weighted by Crippen LogP contribution is 2.11. The van der Waals surface area contributed by atoms with Gasteiger partial charge in [-0.2, -0.15) is 0 Å². The second kappa shape index (κ2) is 57.9. The number of carbonyl (C=O) groups excluding carboxylic acids is 4. The van der Waals surface area contributed by atoms with Crippen LogP contribution in [0.2, 0.25) is 0 Å². The maximum Gasteiger partial charge on any atom is 0.333 e. The summed E-state index contributed by atoms with van der Waals surface area (Å²) in [6, 6.07) is 8.59. The second-order valence-electron chi connectivity index (χ2n) is 22.1. The molecule has 0 saturated heterocycles. The van der Waals surface area contributed by atoms with Crippen molar-refractivity contribution in [3.63, 3.8) is 0 Å². The number of ether oxygens (including phenoxy) is 2. The van der Waals surface area contributed by atoms with Gasteiger partial charge >= 0.3 is 11.9 Å². The molecule has 0 aromatic heterocycles. The Bertz CT molecular complexity index is 1560. The number of hydrogen-bond donors (Lipinski definition) is 2. The normalized spacial score (nSPS) is 11.1. The van der Waals surface area contributed by atoms with Crippen LogP contribution < -0.4 is 0 Å². The molecule has 2 N–H and O–H groups in total. The van der Waals surface area contributed by atoms with Crippen LogP contribution in [0.25, 0.3) is 6.08 Å². The minimum Gasteiger partial charge on any atom is -0.460 e. The quantitative estimate of drug-likeness (QED) is 0.0668.